The second-order valence-corrected chi connectivity index (χ2v) is 13.4. The number of methoxy groups -OCH3 is 1. The molecule has 1 fully saturated rings. The zero-order valence-electron chi connectivity index (χ0n) is 29.8. The maximum absolute atomic E-state index is 13.9. The molecule has 1 saturated heterocycles. The van der Waals surface area contributed by atoms with Gasteiger partial charge in [0.05, 0.1) is 46.8 Å². The molecule has 3 N–H and O–H groups in total. The summed E-state index contributed by atoms with van der Waals surface area (Å²) in [5, 5.41) is 17.5. The summed E-state index contributed by atoms with van der Waals surface area (Å²) in [6.07, 6.45) is -1.26. The number of aryl methyl sites for hydroxylation is 2. The molecule has 5 aromatic rings. The maximum atomic E-state index is 13.9. The molecule has 3 unspecified atom stereocenters. The van der Waals surface area contributed by atoms with Gasteiger partial charge in [-0.15, -0.1) is 0 Å². The molecule has 1 aliphatic carbocycles. The average Bonchev–Trinajstić information content (AvgIpc) is 3.57. The molecular weight excluding hydrogens is 729 g/mol. The lowest BCUT2D eigenvalue weighted by Gasteiger charge is -2.31. The third-order valence-corrected chi connectivity index (χ3v) is 10.4. The van der Waals surface area contributed by atoms with Crippen LogP contribution in [0.15, 0.2) is 58.1 Å². The molecule has 2 aliphatic rings. The highest BCUT2D eigenvalue weighted by molar-refractivity contribution is 6.39. The van der Waals surface area contributed by atoms with E-state index in [9.17, 15) is 23.5 Å². The summed E-state index contributed by atoms with van der Waals surface area (Å²) in [6, 6.07) is 13.5. The Bertz CT molecular complexity index is 2300. The Labute approximate surface area is 314 Å². The van der Waals surface area contributed by atoms with Gasteiger partial charge in [-0.2, -0.15) is 0 Å². The maximum Gasteiger partial charge on any atom is 0.330 e. The smallest absolute Gasteiger partial charge is 0.330 e. The summed E-state index contributed by atoms with van der Waals surface area (Å²) in [7, 11) is 4.27. The van der Waals surface area contributed by atoms with Crippen LogP contribution in [0.2, 0.25) is 10.0 Å². The van der Waals surface area contributed by atoms with Gasteiger partial charge in [0.15, 0.2) is 0 Å². The molecule has 0 radical (unpaired) electrons. The van der Waals surface area contributed by atoms with E-state index in [2.05, 4.69) is 15.6 Å². The number of aliphatic hydroxyl groups excluding tert-OH is 1. The van der Waals surface area contributed by atoms with Gasteiger partial charge in [0.1, 0.15) is 16.9 Å². The first kappa shape index (κ1) is 38.3. The number of fused-ring (bicyclic) bond motifs is 2. The molecule has 0 bridgehead atoms. The van der Waals surface area contributed by atoms with Crippen molar-refractivity contribution < 1.29 is 23.4 Å². The van der Waals surface area contributed by atoms with Gasteiger partial charge in [-0.1, -0.05) is 67.4 Å². The average molecular weight is 770 g/mol. The summed E-state index contributed by atoms with van der Waals surface area (Å²) in [6.45, 7) is 4.88. The van der Waals surface area contributed by atoms with Gasteiger partial charge in [-0.25, -0.2) is 23.5 Å². The quantitative estimate of drug-likeness (QED) is 0.151. The molecule has 7 rings (SSSR count). The zero-order chi connectivity index (χ0) is 38.1. The van der Waals surface area contributed by atoms with E-state index in [1.807, 2.05) is 32.0 Å². The molecule has 0 amide bonds. The number of nitrogens with zero attached hydrogens (tertiary/aromatic N) is 4. The lowest BCUT2D eigenvalue weighted by atomic mass is 9.99. The Balaban J connectivity index is 0.00000236. The fourth-order valence-electron chi connectivity index (χ4n) is 6.95. The lowest BCUT2D eigenvalue weighted by molar-refractivity contribution is -0.0304. The normalized spacial score (nSPS) is 18.1. The number of rotatable bonds is 8. The first-order valence-corrected chi connectivity index (χ1v) is 18.1. The number of aliphatic hydroxyl groups is 1. The lowest BCUT2D eigenvalue weighted by Crippen LogP contribution is -2.47. The summed E-state index contributed by atoms with van der Waals surface area (Å²) >= 11 is 14.1. The molecule has 0 saturated carbocycles. The molecule has 1 aliphatic heterocycles. The van der Waals surface area contributed by atoms with Crippen LogP contribution < -0.4 is 26.6 Å². The van der Waals surface area contributed by atoms with Crippen LogP contribution in [0.3, 0.4) is 0 Å². The fourth-order valence-corrected chi connectivity index (χ4v) is 7.55. The van der Waals surface area contributed by atoms with Crippen molar-refractivity contribution in [3.8, 4) is 28.3 Å². The summed E-state index contributed by atoms with van der Waals surface area (Å²) in [4.78, 5) is 34.7. The second kappa shape index (κ2) is 15.9. The van der Waals surface area contributed by atoms with E-state index >= 15 is 0 Å². The third kappa shape index (κ3) is 7.16. The van der Waals surface area contributed by atoms with Crippen LogP contribution in [0, 0.1) is 0 Å². The standard InChI is InChI=1S/C36H34Cl2F2N6O5.C2H6/c1-45-26-15-25(32(39)40)43-33(29(26)35(48)46(2)36(45)49)42-23-9-5-7-19(31(23)38)18-6-4-8-20(30(18)37)24-14-17-10-11-22(28(17)34(44-24)50-3)41-21-12-13-51-16-27(21)47;1-2/h4-9,14-15,21-22,27,32,41,47H,10-13,16H2,1-3H3,(H,42,43);1-2H3. The van der Waals surface area contributed by atoms with Crippen molar-refractivity contribution >= 4 is 45.6 Å². The van der Waals surface area contributed by atoms with Gasteiger partial charge in [0.2, 0.25) is 5.88 Å². The van der Waals surface area contributed by atoms with Crippen LogP contribution in [-0.4, -0.2) is 56.7 Å². The van der Waals surface area contributed by atoms with Gasteiger partial charge in [-0.05, 0) is 43.0 Å². The van der Waals surface area contributed by atoms with Crippen molar-refractivity contribution in [2.75, 3.05) is 25.6 Å². The molecule has 4 heterocycles. The largest absolute Gasteiger partial charge is 0.481 e. The first-order chi connectivity index (χ1) is 25.5. The highest BCUT2D eigenvalue weighted by atomic mass is 35.5. The van der Waals surface area contributed by atoms with Gasteiger partial charge >= 0.3 is 5.69 Å². The minimum absolute atomic E-state index is 0.000484. The minimum Gasteiger partial charge on any atom is -0.481 e. The number of pyridine rings is 2. The van der Waals surface area contributed by atoms with E-state index in [0.29, 0.717) is 52.9 Å². The Morgan fingerprint density at radius 3 is 2.38 bits per heavy atom. The van der Waals surface area contributed by atoms with E-state index in [1.54, 1.807) is 31.4 Å². The highest BCUT2D eigenvalue weighted by Crippen LogP contribution is 2.44. The van der Waals surface area contributed by atoms with E-state index in [-0.39, 0.29) is 39.5 Å². The molecule has 3 aromatic heterocycles. The van der Waals surface area contributed by atoms with Crippen molar-refractivity contribution in [2.24, 2.45) is 14.1 Å². The molecule has 2 aromatic carbocycles. The van der Waals surface area contributed by atoms with E-state index in [1.165, 1.54) is 14.1 Å². The van der Waals surface area contributed by atoms with Gasteiger partial charge in [0.25, 0.3) is 12.0 Å². The van der Waals surface area contributed by atoms with Gasteiger partial charge in [0, 0.05) is 55.0 Å². The van der Waals surface area contributed by atoms with Gasteiger partial charge in [-0.3, -0.25) is 13.9 Å². The number of alkyl halides is 2. The Morgan fingerprint density at radius 1 is 0.981 bits per heavy atom. The molecule has 15 heteroatoms. The number of anilines is 2. The Kier molecular flexibility index (Phi) is 11.5. The van der Waals surface area contributed by atoms with Crippen LogP contribution >= 0.6 is 23.2 Å². The molecule has 3 atom stereocenters. The second-order valence-electron chi connectivity index (χ2n) is 12.6. The van der Waals surface area contributed by atoms with Crippen LogP contribution in [0.5, 0.6) is 5.88 Å². The molecule has 11 nitrogen and oxygen atoms in total. The van der Waals surface area contributed by atoms with E-state index in [4.69, 9.17) is 37.7 Å². The summed E-state index contributed by atoms with van der Waals surface area (Å²) in [5.41, 5.74) is 2.67. The first-order valence-electron chi connectivity index (χ1n) is 17.3. The number of aromatic nitrogens is 4. The van der Waals surface area contributed by atoms with Crippen LogP contribution in [0.4, 0.5) is 20.3 Å². The number of halogens is 4. The van der Waals surface area contributed by atoms with Crippen LogP contribution in [-0.2, 0) is 25.3 Å². The molecule has 0 spiro atoms. The van der Waals surface area contributed by atoms with E-state index in [0.717, 1.165) is 39.2 Å². The zero-order valence-corrected chi connectivity index (χ0v) is 31.4. The Hall–Kier alpha value is -4.40. The summed E-state index contributed by atoms with van der Waals surface area (Å²) < 4.78 is 41.0. The van der Waals surface area contributed by atoms with Gasteiger partial charge < -0.3 is 25.2 Å². The number of nitrogens with one attached hydrogen (secondary N) is 2. The number of ether oxygens (including phenoxy) is 2. The van der Waals surface area contributed by atoms with Crippen molar-refractivity contribution in [2.45, 2.75) is 57.7 Å². The summed E-state index contributed by atoms with van der Waals surface area (Å²) in [5.74, 6) is 0.297. The number of hydrogen-bond donors (Lipinski definition) is 3. The van der Waals surface area contributed by atoms with E-state index < -0.39 is 29.5 Å². The van der Waals surface area contributed by atoms with Crippen molar-refractivity contribution in [3.63, 3.8) is 0 Å². The number of benzene rings is 2. The van der Waals surface area contributed by atoms with Crippen molar-refractivity contribution in [3.05, 3.63) is 96.2 Å². The highest BCUT2D eigenvalue weighted by Gasteiger charge is 2.33. The molecule has 280 valence electrons. The van der Waals surface area contributed by atoms with Crippen LogP contribution in [0.1, 0.15) is 56.0 Å². The number of hydrogen-bond acceptors (Lipinski definition) is 9. The minimum atomic E-state index is -2.97. The SMILES string of the molecule is CC.COc1nc(-c2cccc(-c3cccc(Nc4nc(C(F)F)cc5c4c(=O)n(C)c(=O)n5C)c3Cl)c2Cl)cc2c1C(NC1CCOCC1O)CC2. The monoisotopic (exact) mass is 768 g/mol. The molecular formula is C38H40Cl2F2N6O5. The van der Waals surface area contributed by atoms with Crippen LogP contribution in [0.25, 0.3) is 33.3 Å². The topological polar surface area (TPSA) is 133 Å². The third-order valence-electron chi connectivity index (χ3n) is 9.61. The van der Waals surface area contributed by atoms with Crippen molar-refractivity contribution in [1.29, 1.82) is 0 Å². The fraction of sp³-hybridized carbons (Fsp3) is 0.368. The predicted octanol–water partition coefficient (Wildman–Crippen LogP) is 7.11. The Morgan fingerprint density at radius 2 is 1.68 bits per heavy atom. The molecule has 53 heavy (non-hydrogen) atoms. The predicted molar refractivity (Wildman–Crippen MR) is 203 cm³/mol. The van der Waals surface area contributed by atoms with Crippen molar-refractivity contribution in [1.82, 2.24) is 24.4 Å².